The molecule has 1 heterocycles. The van der Waals surface area contributed by atoms with Crippen molar-refractivity contribution in [1.29, 1.82) is 0 Å². The molecule has 0 fully saturated rings. The van der Waals surface area contributed by atoms with Crippen LogP contribution in [0.2, 0.25) is 0 Å². The van der Waals surface area contributed by atoms with Crippen molar-refractivity contribution in [3.8, 4) is 0 Å². The van der Waals surface area contributed by atoms with Gasteiger partial charge in [0.15, 0.2) is 0 Å². The molecule has 0 aliphatic carbocycles. The average molecular weight is 197 g/mol. The third-order valence-corrected chi connectivity index (χ3v) is 2.28. The smallest absolute Gasteiger partial charge is 0.309 e. The summed E-state index contributed by atoms with van der Waals surface area (Å²) >= 11 is 0. The SMILES string of the molecule is CC(C)(CCCc1cn[nH]n1)C(=O)O. The van der Waals surface area contributed by atoms with E-state index in [2.05, 4.69) is 15.4 Å². The van der Waals surface area contributed by atoms with E-state index in [1.54, 1.807) is 20.0 Å². The molecule has 78 valence electrons. The summed E-state index contributed by atoms with van der Waals surface area (Å²) in [6.45, 7) is 3.47. The van der Waals surface area contributed by atoms with Gasteiger partial charge in [0.2, 0.25) is 0 Å². The molecule has 14 heavy (non-hydrogen) atoms. The summed E-state index contributed by atoms with van der Waals surface area (Å²) < 4.78 is 0. The first-order chi connectivity index (χ1) is 6.52. The van der Waals surface area contributed by atoms with Gasteiger partial charge in [-0.25, -0.2) is 0 Å². The number of carbonyl (C=O) groups is 1. The summed E-state index contributed by atoms with van der Waals surface area (Å²) in [5.41, 5.74) is 0.232. The van der Waals surface area contributed by atoms with E-state index >= 15 is 0 Å². The van der Waals surface area contributed by atoms with E-state index < -0.39 is 11.4 Å². The quantitative estimate of drug-likeness (QED) is 0.744. The second-order valence-corrected chi connectivity index (χ2v) is 4.00. The summed E-state index contributed by atoms with van der Waals surface area (Å²) in [7, 11) is 0. The molecule has 1 aromatic rings. The number of hydrogen-bond donors (Lipinski definition) is 2. The third-order valence-electron chi connectivity index (χ3n) is 2.28. The highest BCUT2D eigenvalue weighted by atomic mass is 16.4. The minimum atomic E-state index is -0.752. The fourth-order valence-corrected chi connectivity index (χ4v) is 1.16. The molecule has 0 aliphatic heterocycles. The molecule has 0 saturated heterocycles. The molecular formula is C9H15N3O2. The number of rotatable bonds is 5. The van der Waals surface area contributed by atoms with E-state index in [9.17, 15) is 4.79 Å². The Hall–Kier alpha value is -1.39. The van der Waals surface area contributed by atoms with Gasteiger partial charge in [-0.2, -0.15) is 15.4 Å². The molecule has 0 radical (unpaired) electrons. The van der Waals surface area contributed by atoms with E-state index in [0.717, 1.165) is 18.5 Å². The number of nitrogens with zero attached hydrogens (tertiary/aromatic N) is 2. The van der Waals surface area contributed by atoms with E-state index in [1.165, 1.54) is 0 Å². The van der Waals surface area contributed by atoms with Crippen molar-refractivity contribution in [2.45, 2.75) is 33.1 Å². The van der Waals surface area contributed by atoms with E-state index in [1.807, 2.05) is 0 Å². The molecule has 1 rings (SSSR count). The molecule has 0 atom stereocenters. The van der Waals surface area contributed by atoms with Crippen molar-refractivity contribution < 1.29 is 9.90 Å². The van der Waals surface area contributed by atoms with Crippen molar-refractivity contribution in [3.63, 3.8) is 0 Å². The van der Waals surface area contributed by atoms with Crippen molar-refractivity contribution in [1.82, 2.24) is 15.4 Å². The number of aromatic amines is 1. The van der Waals surface area contributed by atoms with Crippen LogP contribution in [0.5, 0.6) is 0 Å². The Morgan fingerprint density at radius 1 is 1.64 bits per heavy atom. The molecule has 0 aromatic carbocycles. The van der Waals surface area contributed by atoms with Crippen LogP contribution in [0.4, 0.5) is 0 Å². The van der Waals surface area contributed by atoms with E-state index in [0.29, 0.717) is 6.42 Å². The number of carboxylic acids is 1. The summed E-state index contributed by atoms with van der Waals surface area (Å²) in [6.07, 6.45) is 3.89. The van der Waals surface area contributed by atoms with Gasteiger partial charge in [-0.1, -0.05) is 0 Å². The standard InChI is InChI=1S/C9H15N3O2/c1-9(2,8(13)14)5-3-4-7-6-10-12-11-7/h6H,3-5H2,1-2H3,(H,13,14)(H,10,11,12). The van der Waals surface area contributed by atoms with Crippen molar-refractivity contribution in [2.75, 3.05) is 0 Å². The van der Waals surface area contributed by atoms with Gasteiger partial charge in [0.1, 0.15) is 0 Å². The maximum atomic E-state index is 10.8. The van der Waals surface area contributed by atoms with Gasteiger partial charge in [0, 0.05) is 0 Å². The molecule has 0 saturated carbocycles. The molecule has 0 unspecified atom stereocenters. The number of aliphatic carboxylic acids is 1. The summed E-state index contributed by atoms with van der Waals surface area (Å²) in [6, 6.07) is 0. The fraction of sp³-hybridized carbons (Fsp3) is 0.667. The number of nitrogens with one attached hydrogen (secondary N) is 1. The highest BCUT2D eigenvalue weighted by Crippen LogP contribution is 2.23. The Balaban J connectivity index is 2.31. The molecule has 0 bridgehead atoms. The number of aryl methyl sites for hydroxylation is 1. The molecular weight excluding hydrogens is 182 g/mol. The molecule has 0 amide bonds. The molecule has 0 spiro atoms. The van der Waals surface area contributed by atoms with Crippen LogP contribution in [0.25, 0.3) is 0 Å². The minimum Gasteiger partial charge on any atom is -0.481 e. The maximum Gasteiger partial charge on any atom is 0.309 e. The first-order valence-electron chi connectivity index (χ1n) is 4.60. The lowest BCUT2D eigenvalue weighted by Crippen LogP contribution is -2.23. The van der Waals surface area contributed by atoms with Gasteiger partial charge in [-0.3, -0.25) is 4.79 Å². The lowest BCUT2D eigenvalue weighted by molar-refractivity contribution is -0.147. The van der Waals surface area contributed by atoms with Gasteiger partial charge in [-0.15, -0.1) is 0 Å². The van der Waals surface area contributed by atoms with Gasteiger partial charge in [0.25, 0.3) is 0 Å². The van der Waals surface area contributed by atoms with Crippen LogP contribution in [0.3, 0.4) is 0 Å². The first-order valence-corrected chi connectivity index (χ1v) is 4.60. The largest absolute Gasteiger partial charge is 0.481 e. The predicted molar refractivity (Wildman–Crippen MR) is 50.7 cm³/mol. The van der Waals surface area contributed by atoms with Crippen LogP contribution in [-0.4, -0.2) is 26.5 Å². The molecule has 1 aromatic heterocycles. The number of hydrogen-bond acceptors (Lipinski definition) is 3. The van der Waals surface area contributed by atoms with Gasteiger partial charge >= 0.3 is 5.97 Å². The summed E-state index contributed by atoms with van der Waals surface area (Å²) in [5, 5.41) is 19.0. The van der Waals surface area contributed by atoms with Crippen LogP contribution < -0.4 is 0 Å². The van der Waals surface area contributed by atoms with Gasteiger partial charge < -0.3 is 5.11 Å². The molecule has 2 N–H and O–H groups in total. The van der Waals surface area contributed by atoms with Crippen LogP contribution in [0.15, 0.2) is 6.20 Å². The van der Waals surface area contributed by atoms with E-state index in [4.69, 9.17) is 5.11 Å². The number of aromatic nitrogens is 3. The average Bonchev–Trinajstić information content (AvgIpc) is 2.56. The fourth-order valence-electron chi connectivity index (χ4n) is 1.16. The zero-order valence-corrected chi connectivity index (χ0v) is 8.45. The van der Waals surface area contributed by atoms with Gasteiger partial charge in [0.05, 0.1) is 17.3 Å². The van der Waals surface area contributed by atoms with Crippen LogP contribution in [0, 0.1) is 5.41 Å². The Labute approximate surface area is 82.5 Å². The Morgan fingerprint density at radius 3 is 2.86 bits per heavy atom. The van der Waals surface area contributed by atoms with Crippen molar-refractivity contribution in [2.24, 2.45) is 5.41 Å². The predicted octanol–water partition coefficient (Wildman–Crippen LogP) is 1.24. The number of H-pyrrole nitrogens is 1. The lowest BCUT2D eigenvalue weighted by Gasteiger charge is -2.17. The molecule has 5 heteroatoms. The Morgan fingerprint density at radius 2 is 2.36 bits per heavy atom. The van der Waals surface area contributed by atoms with Crippen molar-refractivity contribution >= 4 is 5.97 Å². The second-order valence-electron chi connectivity index (χ2n) is 4.00. The summed E-state index contributed by atoms with van der Waals surface area (Å²) in [5.74, 6) is -0.752. The Kier molecular flexibility index (Phi) is 3.22. The second kappa shape index (κ2) is 4.21. The topological polar surface area (TPSA) is 78.9 Å². The van der Waals surface area contributed by atoms with Gasteiger partial charge in [-0.05, 0) is 33.1 Å². The lowest BCUT2D eigenvalue weighted by atomic mass is 9.87. The molecule has 0 aliphatic rings. The highest BCUT2D eigenvalue weighted by molar-refractivity contribution is 5.73. The van der Waals surface area contributed by atoms with Crippen LogP contribution in [0.1, 0.15) is 32.4 Å². The van der Waals surface area contributed by atoms with Crippen LogP contribution >= 0.6 is 0 Å². The number of carboxylic acid groups (broad SMARTS) is 1. The zero-order valence-electron chi connectivity index (χ0n) is 8.45. The highest BCUT2D eigenvalue weighted by Gasteiger charge is 2.26. The maximum absolute atomic E-state index is 10.8. The minimum absolute atomic E-state index is 0.648. The van der Waals surface area contributed by atoms with E-state index in [-0.39, 0.29) is 0 Å². The normalized spacial score (nSPS) is 11.6. The monoisotopic (exact) mass is 197 g/mol. The van der Waals surface area contributed by atoms with Crippen LogP contribution in [-0.2, 0) is 11.2 Å². The Bertz CT molecular complexity index is 293. The first kappa shape index (κ1) is 10.7. The zero-order chi connectivity index (χ0) is 10.6. The third kappa shape index (κ3) is 2.83. The molecule has 5 nitrogen and oxygen atoms in total. The van der Waals surface area contributed by atoms with Crippen molar-refractivity contribution in [3.05, 3.63) is 11.9 Å². The summed E-state index contributed by atoms with van der Waals surface area (Å²) in [4.78, 5) is 10.8.